The molecule has 0 heteroatoms. The van der Waals surface area contributed by atoms with E-state index in [4.69, 9.17) is 0 Å². The molecule has 0 aliphatic heterocycles. The van der Waals surface area contributed by atoms with Crippen LogP contribution in [-0.4, -0.2) is 0 Å². The molecule has 4 aromatic rings. The van der Waals surface area contributed by atoms with E-state index in [1.165, 1.54) is 88.7 Å². The zero-order valence-corrected chi connectivity index (χ0v) is 19.8. The molecule has 0 radical (unpaired) electrons. The lowest BCUT2D eigenvalue weighted by Gasteiger charge is -2.09. The number of fused-ring (bicyclic) bond motifs is 2. The molecule has 32 heavy (non-hydrogen) atoms. The Morgan fingerprint density at radius 2 is 0.781 bits per heavy atom. The number of benzene rings is 4. The Bertz CT molecular complexity index is 1390. The van der Waals surface area contributed by atoms with E-state index in [9.17, 15) is 0 Å². The van der Waals surface area contributed by atoms with Gasteiger partial charge in [-0.2, -0.15) is 0 Å². The van der Waals surface area contributed by atoms with Gasteiger partial charge in [-0.15, -0.1) is 0 Å². The lowest BCUT2D eigenvalue weighted by molar-refractivity contribution is 1.29. The summed E-state index contributed by atoms with van der Waals surface area (Å²) in [6.07, 6.45) is 0. The summed E-state index contributed by atoms with van der Waals surface area (Å²) in [4.78, 5) is 0. The Kier molecular flexibility index (Phi) is 3.96. The van der Waals surface area contributed by atoms with Gasteiger partial charge in [0.05, 0.1) is 0 Å². The average Bonchev–Trinajstić information content (AvgIpc) is 3.59. The van der Waals surface area contributed by atoms with Crippen molar-refractivity contribution in [3.63, 3.8) is 0 Å². The van der Waals surface area contributed by atoms with Crippen molar-refractivity contribution in [3.8, 4) is 0 Å². The second kappa shape index (κ2) is 6.56. The first kappa shape index (κ1) is 19.3. The van der Waals surface area contributed by atoms with E-state index in [1.807, 2.05) is 0 Å². The van der Waals surface area contributed by atoms with E-state index in [0.717, 1.165) is 0 Å². The van der Waals surface area contributed by atoms with Crippen LogP contribution in [0.4, 0.5) is 0 Å². The lowest BCUT2D eigenvalue weighted by Crippen LogP contribution is -1.90. The molecule has 4 aromatic carbocycles. The first-order valence-corrected chi connectivity index (χ1v) is 11.5. The molecule has 2 aliphatic rings. The Hall–Kier alpha value is -3.38. The third kappa shape index (κ3) is 2.76. The fourth-order valence-electron chi connectivity index (χ4n) is 5.96. The molecule has 2 aliphatic carbocycles. The summed E-state index contributed by atoms with van der Waals surface area (Å²) < 4.78 is 0. The minimum absolute atomic E-state index is 1.33. The molecule has 0 aromatic heterocycles. The van der Waals surface area contributed by atoms with Gasteiger partial charge in [0.2, 0.25) is 0 Å². The van der Waals surface area contributed by atoms with Crippen LogP contribution < -0.4 is 0 Å². The molecule has 0 saturated heterocycles. The summed E-state index contributed by atoms with van der Waals surface area (Å²) >= 11 is 0. The molecule has 0 heterocycles. The highest BCUT2D eigenvalue weighted by Crippen LogP contribution is 2.63. The van der Waals surface area contributed by atoms with Gasteiger partial charge < -0.3 is 0 Å². The van der Waals surface area contributed by atoms with Gasteiger partial charge in [0.25, 0.3) is 0 Å². The van der Waals surface area contributed by atoms with Crippen LogP contribution in [0.5, 0.6) is 0 Å². The van der Waals surface area contributed by atoms with Crippen LogP contribution in [0, 0.1) is 41.5 Å². The molecule has 0 spiro atoms. The topological polar surface area (TPSA) is 0 Å². The maximum absolute atomic E-state index is 2.38. The third-order valence-electron chi connectivity index (χ3n) is 7.15. The van der Waals surface area contributed by atoms with E-state index >= 15 is 0 Å². The number of rotatable bonds is 2. The maximum atomic E-state index is 2.38. The smallest absolute Gasteiger partial charge is 0.0000966 e. The molecule has 156 valence electrons. The Balaban J connectivity index is 1.61. The van der Waals surface area contributed by atoms with Crippen LogP contribution in [0.2, 0.25) is 0 Å². The minimum Gasteiger partial charge on any atom is -0.0616 e. The minimum atomic E-state index is 1.33. The monoisotopic (exact) mass is 412 g/mol. The molecule has 0 N–H and O–H groups in total. The summed E-state index contributed by atoms with van der Waals surface area (Å²) in [6.45, 7) is 13.5. The zero-order chi connectivity index (χ0) is 22.3. The van der Waals surface area contributed by atoms with Gasteiger partial charge in [0.1, 0.15) is 0 Å². The number of hydrogen-bond donors (Lipinski definition) is 0. The highest BCUT2D eigenvalue weighted by atomic mass is 14.4. The fraction of sp³-hybridized carbons (Fsp3) is 0.188. The maximum Gasteiger partial charge on any atom is -0.0000966 e. The molecular weight excluding hydrogens is 384 g/mol. The molecule has 0 saturated carbocycles. The summed E-state index contributed by atoms with van der Waals surface area (Å²) in [5.41, 5.74) is 19.8. The average molecular weight is 413 g/mol. The summed E-state index contributed by atoms with van der Waals surface area (Å²) in [5.74, 6) is 0. The quantitative estimate of drug-likeness (QED) is 0.273. The van der Waals surface area contributed by atoms with Crippen LogP contribution in [0.25, 0.3) is 27.5 Å². The Morgan fingerprint density at radius 3 is 1.16 bits per heavy atom. The van der Waals surface area contributed by atoms with Gasteiger partial charge in [0.15, 0.2) is 0 Å². The summed E-state index contributed by atoms with van der Waals surface area (Å²) in [7, 11) is 0. The van der Waals surface area contributed by atoms with Crippen LogP contribution in [0.1, 0.15) is 55.6 Å². The van der Waals surface area contributed by atoms with Crippen molar-refractivity contribution in [1.29, 1.82) is 0 Å². The highest BCUT2D eigenvalue weighted by molar-refractivity contribution is 6.35. The van der Waals surface area contributed by atoms with Crippen molar-refractivity contribution in [1.82, 2.24) is 0 Å². The van der Waals surface area contributed by atoms with Crippen LogP contribution in [0.15, 0.2) is 66.2 Å². The van der Waals surface area contributed by atoms with E-state index in [0.29, 0.717) is 0 Å². The predicted octanol–water partition coefficient (Wildman–Crippen LogP) is 8.43. The van der Waals surface area contributed by atoms with E-state index in [2.05, 4.69) is 102 Å². The second-order valence-corrected chi connectivity index (χ2v) is 9.79. The van der Waals surface area contributed by atoms with Gasteiger partial charge in [-0.1, -0.05) is 59.7 Å². The van der Waals surface area contributed by atoms with Crippen molar-refractivity contribution >= 4 is 27.5 Å². The van der Waals surface area contributed by atoms with Crippen molar-refractivity contribution < 1.29 is 0 Å². The number of allylic oxidation sites excluding steroid dienone is 3. The number of hydrogen-bond acceptors (Lipinski definition) is 0. The molecular formula is C32H28. The molecule has 6 rings (SSSR count). The molecule has 0 atom stereocenters. The second-order valence-electron chi connectivity index (χ2n) is 9.79. The van der Waals surface area contributed by atoms with Gasteiger partial charge in [-0.3, -0.25) is 0 Å². The molecule has 0 unspecified atom stereocenters. The van der Waals surface area contributed by atoms with E-state index in [1.54, 1.807) is 0 Å². The van der Waals surface area contributed by atoms with Crippen molar-refractivity contribution in [2.45, 2.75) is 41.5 Å². The van der Waals surface area contributed by atoms with Crippen LogP contribution >= 0.6 is 0 Å². The number of aryl methyl sites for hydroxylation is 6. The van der Waals surface area contributed by atoms with Gasteiger partial charge >= 0.3 is 0 Å². The first-order valence-electron chi connectivity index (χ1n) is 11.5. The highest BCUT2D eigenvalue weighted by Gasteiger charge is 2.43. The third-order valence-corrected chi connectivity index (χ3v) is 7.15. The van der Waals surface area contributed by atoms with E-state index < -0.39 is 0 Å². The van der Waals surface area contributed by atoms with E-state index in [-0.39, 0.29) is 0 Å². The summed E-state index contributed by atoms with van der Waals surface area (Å²) in [5, 5.41) is 2.66. The normalized spacial score (nSPS) is 14.3. The SMILES string of the molecule is Cc1cc(C)c(C2=C(c3c(C)cc(C)cc3C)C2=C2c3cc4ccccc4cc32)c(C)c1. The molecule has 0 fully saturated rings. The Morgan fingerprint density at radius 1 is 0.406 bits per heavy atom. The lowest BCUT2D eigenvalue weighted by atomic mass is 9.96. The molecule has 0 nitrogen and oxygen atoms in total. The van der Waals surface area contributed by atoms with Gasteiger partial charge in [-0.25, -0.2) is 0 Å². The van der Waals surface area contributed by atoms with Crippen molar-refractivity contribution in [3.05, 3.63) is 122 Å². The standard InChI is InChI=1S/C32H28/c1-17-11-19(3)27(20(4)12-17)30-31(28-21(5)13-18(2)14-22(28)6)32(30)29-25-15-23-9-7-8-10-24(23)16-26(25)29/h7-16H,1-6H3. The predicted molar refractivity (Wildman–Crippen MR) is 138 cm³/mol. The Labute approximate surface area is 190 Å². The largest absolute Gasteiger partial charge is 0.0616 e. The summed E-state index contributed by atoms with van der Waals surface area (Å²) in [6, 6.07) is 22.8. The van der Waals surface area contributed by atoms with Crippen molar-refractivity contribution in [2.24, 2.45) is 0 Å². The van der Waals surface area contributed by atoms with Crippen LogP contribution in [-0.2, 0) is 0 Å². The van der Waals surface area contributed by atoms with Crippen LogP contribution in [0.3, 0.4) is 0 Å². The van der Waals surface area contributed by atoms with Gasteiger partial charge in [-0.05, 0) is 131 Å². The molecule has 0 amide bonds. The first-order chi connectivity index (χ1) is 15.3. The van der Waals surface area contributed by atoms with Crippen molar-refractivity contribution in [2.75, 3.05) is 0 Å². The zero-order valence-electron chi connectivity index (χ0n) is 19.8. The fourth-order valence-corrected chi connectivity index (χ4v) is 5.96. The molecule has 0 bridgehead atoms. The van der Waals surface area contributed by atoms with Gasteiger partial charge in [0, 0.05) is 0 Å².